The summed E-state index contributed by atoms with van der Waals surface area (Å²) < 4.78 is 18.7. The fraction of sp³-hybridized carbons (Fsp3) is 0.467. The van der Waals surface area contributed by atoms with E-state index in [2.05, 4.69) is 29.3 Å². The Morgan fingerprint density at radius 2 is 2.15 bits per heavy atom. The average molecular weight is 277 g/mol. The van der Waals surface area contributed by atoms with Gasteiger partial charge in [0.15, 0.2) is 0 Å². The summed E-state index contributed by atoms with van der Waals surface area (Å²) in [6.07, 6.45) is 0.895. The summed E-state index contributed by atoms with van der Waals surface area (Å²) in [6, 6.07) is 4.82. The highest BCUT2D eigenvalue weighted by Gasteiger charge is 2.23. The van der Waals surface area contributed by atoms with Gasteiger partial charge in [-0.25, -0.2) is 4.39 Å². The first-order valence-corrected chi connectivity index (χ1v) is 6.84. The average Bonchev–Trinajstić information content (AvgIpc) is 2.91. The molecular formula is C15H20FN3O. The fourth-order valence-electron chi connectivity index (χ4n) is 2.27. The number of nitrogens with zero attached hydrogens (tertiary/aromatic N) is 2. The minimum Gasteiger partial charge on any atom is -0.339 e. The lowest BCUT2D eigenvalue weighted by Crippen LogP contribution is -2.28. The van der Waals surface area contributed by atoms with Crippen LogP contribution >= 0.6 is 0 Å². The second-order valence-electron chi connectivity index (χ2n) is 5.01. The smallest absolute Gasteiger partial charge is 0.231 e. The van der Waals surface area contributed by atoms with Crippen molar-refractivity contribution < 1.29 is 8.91 Å². The van der Waals surface area contributed by atoms with Gasteiger partial charge in [0.05, 0.1) is 5.92 Å². The molecule has 0 bridgehead atoms. The Balaban J connectivity index is 2.35. The van der Waals surface area contributed by atoms with Gasteiger partial charge < -0.3 is 9.84 Å². The number of halogens is 1. The largest absolute Gasteiger partial charge is 0.339 e. The van der Waals surface area contributed by atoms with E-state index < -0.39 is 0 Å². The molecule has 2 aromatic rings. The van der Waals surface area contributed by atoms with Crippen molar-refractivity contribution in [1.82, 2.24) is 15.5 Å². The number of likely N-dealkylation sites (N-methyl/N-ethyl adjacent to an activating group) is 1. The predicted molar refractivity (Wildman–Crippen MR) is 76.0 cm³/mol. The van der Waals surface area contributed by atoms with Gasteiger partial charge in [-0.05, 0) is 45.0 Å². The van der Waals surface area contributed by atoms with Crippen molar-refractivity contribution in [2.75, 3.05) is 7.05 Å². The van der Waals surface area contributed by atoms with E-state index >= 15 is 0 Å². The van der Waals surface area contributed by atoms with Gasteiger partial charge >= 0.3 is 0 Å². The summed E-state index contributed by atoms with van der Waals surface area (Å²) in [5.74, 6) is 0.884. The first-order chi connectivity index (χ1) is 9.56. The summed E-state index contributed by atoms with van der Waals surface area (Å²) in [7, 11) is 1.90. The van der Waals surface area contributed by atoms with Gasteiger partial charge in [0.25, 0.3) is 0 Å². The van der Waals surface area contributed by atoms with E-state index in [-0.39, 0.29) is 17.8 Å². The number of rotatable bonds is 5. The molecule has 0 saturated carbocycles. The van der Waals surface area contributed by atoms with Gasteiger partial charge in [-0.2, -0.15) is 4.98 Å². The van der Waals surface area contributed by atoms with Crippen LogP contribution in [0.5, 0.6) is 0 Å². The fourth-order valence-corrected chi connectivity index (χ4v) is 2.27. The molecule has 0 fully saturated rings. The van der Waals surface area contributed by atoms with E-state index in [1.165, 1.54) is 12.1 Å². The van der Waals surface area contributed by atoms with Crippen molar-refractivity contribution in [3.05, 3.63) is 35.5 Å². The van der Waals surface area contributed by atoms with Crippen LogP contribution in [0.15, 0.2) is 22.7 Å². The Hall–Kier alpha value is -1.75. The molecule has 20 heavy (non-hydrogen) atoms. The van der Waals surface area contributed by atoms with Crippen molar-refractivity contribution in [2.45, 2.75) is 39.2 Å². The molecule has 108 valence electrons. The molecule has 2 atom stereocenters. The molecule has 0 aliphatic heterocycles. The SMILES string of the molecule is CCC(c1nc(-c2cc(F)ccc2C)no1)C(C)NC. The molecular weight excluding hydrogens is 257 g/mol. The highest BCUT2D eigenvalue weighted by Crippen LogP contribution is 2.26. The summed E-state index contributed by atoms with van der Waals surface area (Å²) in [5.41, 5.74) is 1.60. The molecule has 0 amide bonds. The monoisotopic (exact) mass is 277 g/mol. The molecule has 2 unspecified atom stereocenters. The van der Waals surface area contributed by atoms with Crippen LogP contribution in [0.4, 0.5) is 4.39 Å². The molecule has 4 nitrogen and oxygen atoms in total. The molecule has 1 aromatic carbocycles. The predicted octanol–water partition coefficient (Wildman–Crippen LogP) is 3.29. The van der Waals surface area contributed by atoms with Gasteiger partial charge in [0, 0.05) is 11.6 Å². The summed E-state index contributed by atoms with van der Waals surface area (Å²) >= 11 is 0. The third-order valence-corrected chi connectivity index (χ3v) is 3.70. The van der Waals surface area contributed by atoms with Crippen LogP contribution in [-0.4, -0.2) is 23.2 Å². The summed E-state index contributed by atoms with van der Waals surface area (Å²) in [4.78, 5) is 4.44. The molecule has 5 heteroatoms. The number of aryl methyl sites for hydroxylation is 1. The molecule has 2 rings (SSSR count). The zero-order valence-electron chi connectivity index (χ0n) is 12.3. The van der Waals surface area contributed by atoms with Crippen molar-refractivity contribution in [1.29, 1.82) is 0 Å². The Kier molecular flexibility index (Phi) is 4.49. The van der Waals surface area contributed by atoms with Crippen LogP contribution < -0.4 is 5.32 Å². The van der Waals surface area contributed by atoms with E-state index in [0.717, 1.165) is 12.0 Å². The second-order valence-corrected chi connectivity index (χ2v) is 5.01. The standard InChI is InChI=1S/C15H20FN3O/c1-5-12(10(3)17-4)15-18-14(19-20-15)13-8-11(16)7-6-9(13)2/h6-8,10,12,17H,5H2,1-4H3. The quantitative estimate of drug-likeness (QED) is 0.911. The molecule has 1 N–H and O–H groups in total. The van der Waals surface area contributed by atoms with Crippen LogP contribution in [-0.2, 0) is 0 Å². The maximum Gasteiger partial charge on any atom is 0.231 e. The molecule has 0 aliphatic carbocycles. The topological polar surface area (TPSA) is 51.0 Å². The molecule has 1 aromatic heterocycles. The third-order valence-electron chi connectivity index (χ3n) is 3.70. The summed E-state index contributed by atoms with van der Waals surface area (Å²) in [5, 5.41) is 7.19. The van der Waals surface area contributed by atoms with Crippen molar-refractivity contribution in [2.24, 2.45) is 0 Å². The lowest BCUT2D eigenvalue weighted by molar-refractivity contribution is 0.322. The van der Waals surface area contributed by atoms with Gasteiger partial charge in [-0.15, -0.1) is 0 Å². The normalized spacial score (nSPS) is 14.2. The molecule has 0 saturated heterocycles. The van der Waals surface area contributed by atoms with Gasteiger partial charge in [-0.1, -0.05) is 18.1 Å². The minimum atomic E-state index is -0.299. The summed E-state index contributed by atoms with van der Waals surface area (Å²) in [6.45, 7) is 6.06. The Labute approximate surface area is 118 Å². The van der Waals surface area contributed by atoms with E-state index in [9.17, 15) is 4.39 Å². The third kappa shape index (κ3) is 2.88. The van der Waals surface area contributed by atoms with E-state index in [1.807, 2.05) is 14.0 Å². The van der Waals surface area contributed by atoms with Crippen LogP contribution in [0.25, 0.3) is 11.4 Å². The van der Waals surface area contributed by atoms with Crippen LogP contribution in [0.2, 0.25) is 0 Å². The van der Waals surface area contributed by atoms with E-state index in [0.29, 0.717) is 17.3 Å². The second kappa shape index (κ2) is 6.13. The number of hydrogen-bond donors (Lipinski definition) is 1. The van der Waals surface area contributed by atoms with E-state index in [1.54, 1.807) is 6.07 Å². The first kappa shape index (κ1) is 14.7. The minimum absolute atomic E-state index is 0.148. The highest BCUT2D eigenvalue weighted by atomic mass is 19.1. The molecule has 0 radical (unpaired) electrons. The van der Waals surface area contributed by atoms with Crippen LogP contribution in [0, 0.1) is 12.7 Å². The number of hydrogen-bond acceptors (Lipinski definition) is 4. The van der Waals surface area contributed by atoms with Gasteiger partial charge in [-0.3, -0.25) is 0 Å². The van der Waals surface area contributed by atoms with Crippen LogP contribution in [0.3, 0.4) is 0 Å². The maximum absolute atomic E-state index is 13.4. The van der Waals surface area contributed by atoms with Gasteiger partial charge in [0.1, 0.15) is 5.82 Å². The molecule has 0 aliphatic rings. The zero-order valence-corrected chi connectivity index (χ0v) is 12.3. The lowest BCUT2D eigenvalue weighted by Gasteiger charge is -2.17. The van der Waals surface area contributed by atoms with Crippen molar-refractivity contribution in [3.8, 4) is 11.4 Å². The van der Waals surface area contributed by atoms with Crippen molar-refractivity contribution >= 4 is 0 Å². The molecule has 1 heterocycles. The first-order valence-electron chi connectivity index (χ1n) is 6.84. The molecule has 0 spiro atoms. The van der Waals surface area contributed by atoms with E-state index in [4.69, 9.17) is 4.52 Å². The number of benzene rings is 1. The number of aromatic nitrogens is 2. The Bertz CT molecular complexity index is 582. The Morgan fingerprint density at radius 3 is 2.80 bits per heavy atom. The Morgan fingerprint density at radius 1 is 1.40 bits per heavy atom. The lowest BCUT2D eigenvalue weighted by atomic mass is 9.98. The highest BCUT2D eigenvalue weighted by molar-refractivity contribution is 5.59. The van der Waals surface area contributed by atoms with Crippen LogP contribution in [0.1, 0.15) is 37.6 Å². The van der Waals surface area contributed by atoms with Crippen molar-refractivity contribution in [3.63, 3.8) is 0 Å². The van der Waals surface area contributed by atoms with Gasteiger partial charge in [0.2, 0.25) is 11.7 Å². The maximum atomic E-state index is 13.4. The number of nitrogens with one attached hydrogen (secondary N) is 1. The zero-order chi connectivity index (χ0) is 14.7.